The van der Waals surface area contributed by atoms with E-state index in [1.54, 1.807) is 18.2 Å². The van der Waals surface area contributed by atoms with Crippen LogP contribution < -0.4 is 5.32 Å². The van der Waals surface area contributed by atoms with Gasteiger partial charge >= 0.3 is 5.97 Å². The molecule has 1 heterocycles. The summed E-state index contributed by atoms with van der Waals surface area (Å²) in [5.74, 6) is -0.470. The predicted molar refractivity (Wildman–Crippen MR) is 91.0 cm³/mol. The molecule has 6 nitrogen and oxygen atoms in total. The van der Waals surface area contributed by atoms with Crippen LogP contribution in [0.4, 0.5) is 5.13 Å². The number of carboxylic acids is 1. The molecule has 0 aliphatic carbocycles. The summed E-state index contributed by atoms with van der Waals surface area (Å²) in [5, 5.41) is 20.2. The number of carbonyl (C=O) groups is 2. The lowest BCUT2D eigenvalue weighted by atomic mass is 9.96. The molecule has 0 radical (unpaired) electrons. The highest BCUT2D eigenvalue weighted by Crippen LogP contribution is 2.29. The molecule has 2 N–H and O–H groups in total. The molecule has 2 aromatic rings. The van der Waals surface area contributed by atoms with Crippen LogP contribution >= 0.6 is 23.1 Å². The fraction of sp³-hybridized carbons (Fsp3) is 0.333. The van der Waals surface area contributed by atoms with E-state index in [-0.39, 0.29) is 11.5 Å². The van der Waals surface area contributed by atoms with Crippen LogP contribution in [0.2, 0.25) is 0 Å². The summed E-state index contributed by atoms with van der Waals surface area (Å²) in [6.07, 6.45) is 0. The maximum atomic E-state index is 11.9. The highest BCUT2D eigenvalue weighted by atomic mass is 32.2. The third-order valence-electron chi connectivity index (χ3n) is 2.84. The van der Waals surface area contributed by atoms with E-state index < -0.39 is 11.4 Å². The van der Waals surface area contributed by atoms with Crippen molar-refractivity contribution in [2.24, 2.45) is 5.41 Å². The highest BCUT2D eigenvalue weighted by molar-refractivity contribution is 8.00. The Labute approximate surface area is 142 Å². The zero-order valence-electron chi connectivity index (χ0n) is 13.0. The molecule has 0 fully saturated rings. The van der Waals surface area contributed by atoms with Gasteiger partial charge in [0, 0.05) is 11.2 Å². The van der Waals surface area contributed by atoms with E-state index >= 15 is 0 Å². The van der Waals surface area contributed by atoms with E-state index in [9.17, 15) is 9.59 Å². The molecule has 0 aliphatic rings. The van der Waals surface area contributed by atoms with E-state index in [2.05, 4.69) is 15.5 Å². The number of carboxylic acid groups (broad SMARTS) is 1. The van der Waals surface area contributed by atoms with Crippen molar-refractivity contribution in [3.05, 3.63) is 35.4 Å². The summed E-state index contributed by atoms with van der Waals surface area (Å²) in [5.41, 5.74) is 0.667. The third-order valence-corrected chi connectivity index (χ3v) is 4.89. The van der Waals surface area contributed by atoms with Crippen molar-refractivity contribution in [2.45, 2.75) is 30.9 Å². The van der Waals surface area contributed by atoms with E-state index in [1.165, 1.54) is 23.1 Å². The standard InChI is InChI=1S/C15H17N3O3S2/c1-15(2,3)12(21)16-13-17-18-14(23-13)22-8-9-5-4-6-10(7-9)11(19)20/h4-7H,8H2,1-3H3,(H,19,20)(H,16,17,21). The molecule has 1 aromatic carbocycles. The van der Waals surface area contributed by atoms with Gasteiger partial charge in [-0.1, -0.05) is 56.0 Å². The van der Waals surface area contributed by atoms with Crippen LogP contribution in [0.5, 0.6) is 0 Å². The summed E-state index contributed by atoms with van der Waals surface area (Å²) in [7, 11) is 0. The Morgan fingerprint density at radius 2 is 2.04 bits per heavy atom. The molecular weight excluding hydrogens is 334 g/mol. The lowest BCUT2D eigenvalue weighted by Crippen LogP contribution is -2.27. The van der Waals surface area contributed by atoms with Crippen molar-refractivity contribution < 1.29 is 14.7 Å². The number of anilines is 1. The topological polar surface area (TPSA) is 92.2 Å². The maximum absolute atomic E-state index is 11.9. The van der Waals surface area contributed by atoms with Crippen LogP contribution in [-0.2, 0) is 10.5 Å². The monoisotopic (exact) mass is 351 g/mol. The van der Waals surface area contributed by atoms with Crippen molar-refractivity contribution in [1.82, 2.24) is 10.2 Å². The second kappa shape index (κ2) is 7.10. The predicted octanol–water partition coefficient (Wildman–Crippen LogP) is 3.51. The minimum absolute atomic E-state index is 0.112. The van der Waals surface area contributed by atoms with E-state index in [0.29, 0.717) is 10.9 Å². The van der Waals surface area contributed by atoms with Crippen molar-refractivity contribution >= 4 is 40.1 Å². The summed E-state index contributed by atoms with van der Waals surface area (Å²) >= 11 is 2.75. The number of carbonyl (C=O) groups excluding carboxylic acids is 1. The van der Waals surface area contributed by atoms with Gasteiger partial charge in [0.2, 0.25) is 11.0 Å². The molecule has 23 heavy (non-hydrogen) atoms. The molecule has 1 aromatic heterocycles. The van der Waals surface area contributed by atoms with Gasteiger partial charge in [0.25, 0.3) is 0 Å². The van der Waals surface area contributed by atoms with Crippen LogP contribution in [0.25, 0.3) is 0 Å². The van der Waals surface area contributed by atoms with Gasteiger partial charge in [0.05, 0.1) is 5.56 Å². The molecule has 2 rings (SSSR count). The van der Waals surface area contributed by atoms with E-state index in [0.717, 1.165) is 9.90 Å². The molecule has 8 heteroatoms. The number of hydrogen-bond donors (Lipinski definition) is 2. The Bertz CT molecular complexity index is 723. The summed E-state index contributed by atoms with van der Waals surface area (Å²) in [6, 6.07) is 6.78. The van der Waals surface area contributed by atoms with E-state index in [1.807, 2.05) is 26.8 Å². The number of aromatic carboxylic acids is 1. The Kier molecular flexibility index (Phi) is 5.38. The van der Waals surface area contributed by atoms with Gasteiger partial charge in [-0.25, -0.2) is 4.79 Å². The van der Waals surface area contributed by atoms with Crippen molar-refractivity contribution in [1.29, 1.82) is 0 Å². The highest BCUT2D eigenvalue weighted by Gasteiger charge is 2.22. The summed E-state index contributed by atoms with van der Waals surface area (Å²) in [6.45, 7) is 5.48. The molecule has 0 saturated carbocycles. The number of benzene rings is 1. The number of thioether (sulfide) groups is 1. The van der Waals surface area contributed by atoms with Crippen LogP contribution in [0.1, 0.15) is 36.7 Å². The zero-order valence-corrected chi connectivity index (χ0v) is 14.6. The lowest BCUT2D eigenvalue weighted by Gasteiger charge is -2.15. The number of amides is 1. The number of nitrogens with zero attached hydrogens (tertiary/aromatic N) is 2. The molecular formula is C15H17N3O3S2. The Balaban J connectivity index is 1.96. The van der Waals surface area contributed by atoms with Gasteiger partial charge < -0.3 is 10.4 Å². The maximum Gasteiger partial charge on any atom is 0.335 e. The van der Waals surface area contributed by atoms with Crippen LogP contribution in [0.3, 0.4) is 0 Å². The van der Waals surface area contributed by atoms with Gasteiger partial charge in [-0.15, -0.1) is 10.2 Å². The largest absolute Gasteiger partial charge is 0.478 e. The third kappa shape index (κ3) is 5.04. The first-order valence-corrected chi connectivity index (χ1v) is 8.66. The van der Waals surface area contributed by atoms with Crippen molar-refractivity contribution in [3.63, 3.8) is 0 Å². The SMILES string of the molecule is CC(C)(C)C(=O)Nc1nnc(SCc2cccc(C(=O)O)c2)s1. The second-order valence-electron chi connectivity index (χ2n) is 5.87. The molecule has 122 valence electrons. The Hall–Kier alpha value is -1.93. The first-order valence-electron chi connectivity index (χ1n) is 6.86. The number of rotatable bonds is 5. The minimum Gasteiger partial charge on any atom is -0.478 e. The minimum atomic E-state index is -0.944. The lowest BCUT2D eigenvalue weighted by molar-refractivity contribution is -0.123. The molecule has 0 atom stereocenters. The molecule has 0 unspecified atom stereocenters. The Morgan fingerprint density at radius 3 is 2.70 bits per heavy atom. The molecule has 1 amide bonds. The normalized spacial score (nSPS) is 11.3. The smallest absolute Gasteiger partial charge is 0.335 e. The average Bonchev–Trinajstić information content (AvgIpc) is 2.92. The van der Waals surface area contributed by atoms with Crippen LogP contribution in [0.15, 0.2) is 28.6 Å². The van der Waals surface area contributed by atoms with Gasteiger partial charge in [-0.3, -0.25) is 4.79 Å². The zero-order chi connectivity index (χ0) is 17.0. The van der Waals surface area contributed by atoms with Gasteiger partial charge in [0.1, 0.15) is 0 Å². The van der Waals surface area contributed by atoms with Crippen LogP contribution in [-0.4, -0.2) is 27.2 Å². The fourth-order valence-corrected chi connectivity index (χ4v) is 3.23. The van der Waals surface area contributed by atoms with Crippen molar-refractivity contribution in [2.75, 3.05) is 5.32 Å². The second-order valence-corrected chi connectivity index (χ2v) is 8.07. The number of hydrogen-bond acceptors (Lipinski definition) is 6. The molecule has 0 spiro atoms. The summed E-state index contributed by atoms with van der Waals surface area (Å²) in [4.78, 5) is 22.8. The molecule has 0 aliphatic heterocycles. The molecule has 0 saturated heterocycles. The quantitative estimate of drug-likeness (QED) is 0.632. The number of nitrogens with one attached hydrogen (secondary N) is 1. The average molecular weight is 351 g/mol. The first-order chi connectivity index (χ1) is 10.8. The van der Waals surface area contributed by atoms with E-state index in [4.69, 9.17) is 5.11 Å². The fourth-order valence-electron chi connectivity index (χ4n) is 1.54. The van der Waals surface area contributed by atoms with Gasteiger partial charge in [0.15, 0.2) is 4.34 Å². The number of aromatic nitrogens is 2. The van der Waals surface area contributed by atoms with Gasteiger partial charge in [-0.05, 0) is 17.7 Å². The first kappa shape index (κ1) is 17.4. The summed E-state index contributed by atoms with van der Waals surface area (Å²) < 4.78 is 0.718. The van der Waals surface area contributed by atoms with Crippen LogP contribution in [0, 0.1) is 5.41 Å². The Morgan fingerprint density at radius 1 is 1.30 bits per heavy atom. The molecule has 0 bridgehead atoms. The van der Waals surface area contributed by atoms with Crippen molar-refractivity contribution in [3.8, 4) is 0 Å². The van der Waals surface area contributed by atoms with Gasteiger partial charge in [-0.2, -0.15) is 0 Å².